The number of nitrogens with zero attached hydrogens (tertiary/aromatic N) is 2. The van der Waals surface area contributed by atoms with Gasteiger partial charge in [-0.25, -0.2) is 4.90 Å². The molecule has 0 spiro atoms. The lowest BCUT2D eigenvalue weighted by atomic mass is 9.85. The van der Waals surface area contributed by atoms with Gasteiger partial charge in [0.25, 0.3) is 11.8 Å². The van der Waals surface area contributed by atoms with Crippen LogP contribution in [0.4, 0.5) is 5.69 Å². The van der Waals surface area contributed by atoms with E-state index in [2.05, 4.69) is 38.7 Å². The van der Waals surface area contributed by atoms with Crippen LogP contribution in [0.2, 0.25) is 0 Å². The van der Waals surface area contributed by atoms with Crippen LogP contribution in [0.1, 0.15) is 20.7 Å². The van der Waals surface area contributed by atoms with Crippen LogP contribution in [-0.2, 0) is 7.05 Å². The zero-order chi connectivity index (χ0) is 26.0. The lowest BCUT2D eigenvalue weighted by Gasteiger charge is -2.17. The first-order valence-electron chi connectivity index (χ1n) is 12.4. The molecule has 38 heavy (non-hydrogen) atoms. The van der Waals surface area contributed by atoms with Crippen molar-refractivity contribution in [3.63, 3.8) is 0 Å². The van der Waals surface area contributed by atoms with Gasteiger partial charge in [-0.1, -0.05) is 101 Å². The van der Waals surface area contributed by atoms with E-state index in [1.54, 1.807) is 12.1 Å². The molecule has 5 heteroatoms. The summed E-state index contributed by atoms with van der Waals surface area (Å²) in [4.78, 5) is 29.9. The second kappa shape index (κ2) is 8.54. The molecule has 0 fully saturated rings. The van der Waals surface area contributed by atoms with Crippen LogP contribution in [0, 0.1) is 0 Å². The van der Waals surface area contributed by atoms with Gasteiger partial charge in [-0.05, 0) is 35.4 Å². The molecule has 182 valence electrons. The van der Waals surface area contributed by atoms with E-state index in [1.165, 1.54) is 4.90 Å². The highest BCUT2D eigenvalue weighted by atomic mass is 79.9. The number of anilines is 1. The topological polar surface area (TPSA) is 42.3 Å². The number of benzene rings is 5. The van der Waals surface area contributed by atoms with Crippen molar-refractivity contribution >= 4 is 55.2 Å². The summed E-state index contributed by atoms with van der Waals surface area (Å²) in [6.45, 7) is 0. The molecule has 1 aliphatic rings. The summed E-state index contributed by atoms with van der Waals surface area (Å²) in [6.07, 6.45) is 0. The van der Waals surface area contributed by atoms with Gasteiger partial charge in [-0.3, -0.25) is 9.59 Å². The maximum absolute atomic E-state index is 14.3. The molecule has 0 atom stereocenters. The minimum absolute atomic E-state index is 0.298. The molecule has 4 nitrogen and oxygen atoms in total. The SMILES string of the molecule is Cn1c2cc(Br)ccc2c2c3c(c(-c4ccccc4)c(-c4ccccc4)c21)C(=O)N(c1ccccc1)C3=O. The van der Waals surface area contributed by atoms with E-state index in [-0.39, 0.29) is 11.8 Å². The van der Waals surface area contributed by atoms with Gasteiger partial charge in [-0.2, -0.15) is 0 Å². The summed E-state index contributed by atoms with van der Waals surface area (Å²) in [5.74, 6) is -0.600. The molecule has 0 aliphatic carbocycles. The molecule has 1 aliphatic heterocycles. The summed E-state index contributed by atoms with van der Waals surface area (Å²) in [5.41, 5.74) is 6.99. The Balaban J connectivity index is 1.74. The molecule has 1 aromatic heterocycles. The fraction of sp³-hybridized carbons (Fsp3) is 0.0303. The molecule has 6 aromatic rings. The van der Waals surface area contributed by atoms with Crippen molar-refractivity contribution in [1.82, 2.24) is 4.57 Å². The average molecular weight is 557 g/mol. The van der Waals surface area contributed by atoms with E-state index in [0.717, 1.165) is 48.5 Å². The van der Waals surface area contributed by atoms with E-state index in [9.17, 15) is 9.59 Å². The van der Waals surface area contributed by atoms with Gasteiger partial charge >= 0.3 is 0 Å². The second-order valence-electron chi connectivity index (χ2n) is 9.46. The van der Waals surface area contributed by atoms with Crippen molar-refractivity contribution in [2.24, 2.45) is 7.05 Å². The Hall–Kier alpha value is -4.48. The molecule has 2 amide bonds. The van der Waals surface area contributed by atoms with Gasteiger partial charge in [0, 0.05) is 38.9 Å². The molecule has 0 bridgehead atoms. The number of imide groups is 1. The largest absolute Gasteiger partial charge is 0.343 e. The van der Waals surface area contributed by atoms with Crippen LogP contribution in [0.5, 0.6) is 0 Å². The van der Waals surface area contributed by atoms with E-state index < -0.39 is 0 Å². The fourth-order valence-electron chi connectivity index (χ4n) is 5.78. The van der Waals surface area contributed by atoms with Crippen LogP contribution in [0.3, 0.4) is 0 Å². The summed E-state index contributed by atoms with van der Waals surface area (Å²) in [7, 11) is 2.03. The average Bonchev–Trinajstić information content (AvgIpc) is 3.38. The third kappa shape index (κ3) is 3.15. The molecule has 7 rings (SSSR count). The smallest absolute Gasteiger partial charge is 0.266 e. The van der Waals surface area contributed by atoms with Crippen molar-refractivity contribution in [2.45, 2.75) is 0 Å². The number of para-hydroxylation sites is 1. The zero-order valence-corrected chi connectivity index (χ0v) is 22.1. The van der Waals surface area contributed by atoms with Gasteiger partial charge in [0.1, 0.15) is 0 Å². The first-order chi connectivity index (χ1) is 18.6. The Morgan fingerprint density at radius 1 is 0.605 bits per heavy atom. The maximum atomic E-state index is 14.3. The van der Waals surface area contributed by atoms with Gasteiger partial charge < -0.3 is 4.57 Å². The predicted octanol–water partition coefficient (Wildman–Crippen LogP) is 8.23. The van der Waals surface area contributed by atoms with Crippen molar-refractivity contribution < 1.29 is 9.59 Å². The molecule has 0 N–H and O–H groups in total. The number of rotatable bonds is 3. The van der Waals surface area contributed by atoms with Crippen LogP contribution in [-0.4, -0.2) is 16.4 Å². The number of hydrogen-bond donors (Lipinski definition) is 0. The normalized spacial score (nSPS) is 13.1. The Kier molecular flexibility index (Phi) is 5.10. The Morgan fingerprint density at radius 3 is 1.79 bits per heavy atom. The quantitative estimate of drug-likeness (QED) is 0.206. The molecular weight excluding hydrogens is 536 g/mol. The summed E-state index contributed by atoms with van der Waals surface area (Å²) >= 11 is 3.62. The number of fused-ring (bicyclic) bond motifs is 5. The van der Waals surface area contributed by atoms with Crippen LogP contribution in [0.15, 0.2) is 114 Å². The Labute approximate surface area is 227 Å². The molecular formula is C33H21BrN2O2. The number of halogens is 1. The highest BCUT2D eigenvalue weighted by molar-refractivity contribution is 9.10. The Bertz CT molecular complexity index is 1910. The zero-order valence-electron chi connectivity index (χ0n) is 20.5. The number of carbonyl (C=O) groups excluding carboxylic acids is 2. The first-order valence-corrected chi connectivity index (χ1v) is 13.2. The first kappa shape index (κ1) is 22.7. The summed E-state index contributed by atoms with van der Waals surface area (Å²) in [6, 6.07) is 35.3. The molecule has 0 radical (unpaired) electrons. The highest BCUT2D eigenvalue weighted by Gasteiger charge is 2.43. The third-order valence-electron chi connectivity index (χ3n) is 7.37. The minimum atomic E-state index is -0.303. The van der Waals surface area contributed by atoms with Gasteiger partial charge in [0.2, 0.25) is 0 Å². The van der Waals surface area contributed by atoms with E-state index in [1.807, 2.05) is 85.9 Å². The van der Waals surface area contributed by atoms with Gasteiger partial charge in [0.05, 0.1) is 22.3 Å². The monoisotopic (exact) mass is 556 g/mol. The van der Waals surface area contributed by atoms with Crippen LogP contribution < -0.4 is 4.90 Å². The van der Waals surface area contributed by atoms with Crippen LogP contribution in [0.25, 0.3) is 44.1 Å². The highest BCUT2D eigenvalue weighted by Crippen LogP contribution is 2.49. The van der Waals surface area contributed by atoms with Crippen molar-refractivity contribution in [1.29, 1.82) is 0 Å². The third-order valence-corrected chi connectivity index (χ3v) is 7.87. The van der Waals surface area contributed by atoms with Crippen molar-refractivity contribution in [3.8, 4) is 22.3 Å². The summed E-state index contributed by atoms with van der Waals surface area (Å²) in [5, 5.41) is 1.75. The molecule has 0 unspecified atom stereocenters. The molecule has 2 heterocycles. The maximum Gasteiger partial charge on any atom is 0.266 e. The molecule has 0 saturated heterocycles. The van der Waals surface area contributed by atoms with E-state index in [0.29, 0.717) is 16.8 Å². The van der Waals surface area contributed by atoms with Crippen molar-refractivity contribution in [3.05, 3.63) is 125 Å². The number of amides is 2. The molecule has 0 saturated carbocycles. The number of aromatic nitrogens is 1. The fourth-order valence-corrected chi connectivity index (χ4v) is 6.13. The van der Waals surface area contributed by atoms with E-state index in [4.69, 9.17) is 0 Å². The number of aryl methyl sites for hydroxylation is 1. The van der Waals surface area contributed by atoms with Gasteiger partial charge in [-0.15, -0.1) is 0 Å². The number of hydrogen-bond acceptors (Lipinski definition) is 2. The second-order valence-corrected chi connectivity index (χ2v) is 10.4. The lowest BCUT2D eigenvalue weighted by Crippen LogP contribution is -2.29. The van der Waals surface area contributed by atoms with Crippen LogP contribution >= 0.6 is 15.9 Å². The summed E-state index contributed by atoms with van der Waals surface area (Å²) < 4.78 is 3.10. The standard InChI is InChI=1S/C33H21BrN2O2/c1-35-25-19-22(34)17-18-24(25)28-30-29(32(37)36(33(30)38)23-15-9-4-10-16-23)26(20-11-5-2-6-12-20)27(31(28)35)21-13-7-3-8-14-21/h2-19H,1H3. The lowest BCUT2D eigenvalue weighted by molar-refractivity contribution is 0.0927. The minimum Gasteiger partial charge on any atom is -0.343 e. The van der Waals surface area contributed by atoms with Crippen molar-refractivity contribution in [2.75, 3.05) is 4.90 Å². The van der Waals surface area contributed by atoms with E-state index >= 15 is 0 Å². The predicted molar refractivity (Wildman–Crippen MR) is 157 cm³/mol. The van der Waals surface area contributed by atoms with Gasteiger partial charge in [0.15, 0.2) is 0 Å². The molecule has 5 aromatic carbocycles. The number of carbonyl (C=O) groups is 2. The Morgan fingerprint density at radius 2 is 1.16 bits per heavy atom.